The van der Waals surface area contributed by atoms with Crippen LogP contribution in [0.25, 0.3) is 11.2 Å². The second-order valence-electron chi connectivity index (χ2n) is 7.64. The predicted molar refractivity (Wildman–Crippen MR) is 92.1 cm³/mol. The van der Waals surface area contributed by atoms with Crippen molar-refractivity contribution >= 4 is 34.6 Å². The highest BCUT2D eigenvalue weighted by Crippen LogP contribution is 2.36. The van der Waals surface area contributed by atoms with Gasteiger partial charge in [0, 0.05) is 5.54 Å². The van der Waals surface area contributed by atoms with Crippen LogP contribution in [0.1, 0.15) is 46.7 Å². The minimum Gasteiger partial charge on any atom is -0.390 e. The SMILES string of the molecule is CC(C)(O)CC(=O)Nc1nc2cc(Cl)c(C(F)(F)F)nc2n1C(C)(C)C. The van der Waals surface area contributed by atoms with Gasteiger partial charge in [0.1, 0.15) is 5.52 Å². The Morgan fingerprint density at radius 3 is 2.27 bits per heavy atom. The highest BCUT2D eigenvalue weighted by molar-refractivity contribution is 6.31. The van der Waals surface area contributed by atoms with E-state index in [4.69, 9.17) is 11.6 Å². The molecule has 0 radical (unpaired) electrons. The van der Waals surface area contributed by atoms with E-state index in [0.29, 0.717) is 0 Å². The third-order valence-corrected chi connectivity index (χ3v) is 3.66. The number of amides is 1. The molecule has 0 saturated heterocycles. The molecule has 2 aromatic heterocycles. The van der Waals surface area contributed by atoms with Crippen LogP contribution in [0.4, 0.5) is 19.1 Å². The van der Waals surface area contributed by atoms with Crippen molar-refractivity contribution in [3.05, 3.63) is 16.8 Å². The van der Waals surface area contributed by atoms with Crippen LogP contribution in [-0.2, 0) is 16.5 Å². The fourth-order valence-electron chi connectivity index (χ4n) is 2.46. The highest BCUT2D eigenvalue weighted by Gasteiger charge is 2.37. The van der Waals surface area contributed by atoms with Gasteiger partial charge in [-0.25, -0.2) is 9.97 Å². The molecule has 10 heteroatoms. The van der Waals surface area contributed by atoms with Crippen molar-refractivity contribution in [1.82, 2.24) is 14.5 Å². The third kappa shape index (κ3) is 4.45. The molecule has 0 unspecified atom stereocenters. The lowest BCUT2D eigenvalue weighted by Gasteiger charge is -2.24. The van der Waals surface area contributed by atoms with Gasteiger partial charge in [0.05, 0.1) is 17.0 Å². The Morgan fingerprint density at radius 2 is 1.81 bits per heavy atom. The first-order valence-corrected chi connectivity index (χ1v) is 8.16. The highest BCUT2D eigenvalue weighted by atomic mass is 35.5. The third-order valence-electron chi connectivity index (χ3n) is 3.37. The van der Waals surface area contributed by atoms with E-state index in [2.05, 4.69) is 15.3 Å². The first-order valence-electron chi connectivity index (χ1n) is 7.78. The predicted octanol–water partition coefficient (Wildman–Crippen LogP) is 3.96. The monoisotopic (exact) mass is 392 g/mol. The van der Waals surface area contributed by atoms with Crippen molar-refractivity contribution in [2.45, 2.75) is 58.4 Å². The van der Waals surface area contributed by atoms with Crippen molar-refractivity contribution in [3.8, 4) is 0 Å². The Kier molecular flexibility index (Phi) is 5.02. The first kappa shape index (κ1) is 20.4. The summed E-state index contributed by atoms with van der Waals surface area (Å²) in [7, 11) is 0. The number of nitrogens with one attached hydrogen (secondary N) is 1. The molecular weight excluding hydrogens is 373 g/mol. The van der Waals surface area contributed by atoms with E-state index in [-0.39, 0.29) is 23.5 Å². The second kappa shape index (κ2) is 6.38. The number of anilines is 1. The number of imidazole rings is 1. The molecule has 144 valence electrons. The molecule has 1 amide bonds. The molecule has 2 rings (SSSR count). The van der Waals surface area contributed by atoms with Crippen LogP contribution in [-0.4, -0.2) is 31.1 Å². The van der Waals surface area contributed by atoms with Crippen molar-refractivity contribution in [2.24, 2.45) is 0 Å². The zero-order chi connectivity index (χ0) is 20.1. The minimum atomic E-state index is -4.72. The molecule has 0 bridgehead atoms. The van der Waals surface area contributed by atoms with Crippen LogP contribution in [0.2, 0.25) is 5.02 Å². The van der Waals surface area contributed by atoms with E-state index in [1.165, 1.54) is 18.4 Å². The van der Waals surface area contributed by atoms with E-state index in [1.54, 1.807) is 20.8 Å². The molecule has 0 spiro atoms. The summed E-state index contributed by atoms with van der Waals surface area (Å²) in [5.74, 6) is -0.495. The topological polar surface area (TPSA) is 80.0 Å². The molecular formula is C16H20ClF3N4O2. The first-order chi connectivity index (χ1) is 11.6. The number of carbonyl (C=O) groups excluding carboxylic acids is 1. The maximum Gasteiger partial charge on any atom is 0.434 e. The molecule has 0 aliphatic carbocycles. The summed E-state index contributed by atoms with van der Waals surface area (Å²) < 4.78 is 40.8. The van der Waals surface area contributed by atoms with Crippen molar-refractivity contribution in [1.29, 1.82) is 0 Å². The number of aliphatic hydroxyl groups is 1. The average molecular weight is 393 g/mol. The van der Waals surface area contributed by atoms with Crippen LogP contribution in [0.5, 0.6) is 0 Å². The number of pyridine rings is 1. The molecule has 0 aromatic carbocycles. The molecule has 0 fully saturated rings. The van der Waals surface area contributed by atoms with Gasteiger partial charge in [-0.15, -0.1) is 0 Å². The largest absolute Gasteiger partial charge is 0.434 e. The average Bonchev–Trinajstić information content (AvgIpc) is 2.70. The summed E-state index contributed by atoms with van der Waals surface area (Å²) in [6.45, 7) is 8.16. The molecule has 0 aliphatic heterocycles. The van der Waals surface area contributed by atoms with Gasteiger partial charge < -0.3 is 5.11 Å². The summed E-state index contributed by atoms with van der Waals surface area (Å²) in [6.07, 6.45) is -4.93. The Hall–Kier alpha value is -1.87. The lowest BCUT2D eigenvalue weighted by Crippen LogP contribution is -2.30. The number of nitrogens with zero attached hydrogens (tertiary/aromatic N) is 3. The molecule has 26 heavy (non-hydrogen) atoms. The fourth-order valence-corrected chi connectivity index (χ4v) is 2.71. The number of hydrogen-bond donors (Lipinski definition) is 2. The number of aromatic nitrogens is 3. The van der Waals surface area contributed by atoms with Crippen molar-refractivity contribution < 1.29 is 23.1 Å². The van der Waals surface area contributed by atoms with E-state index in [1.807, 2.05) is 0 Å². The van der Waals surface area contributed by atoms with Crippen LogP contribution in [0.3, 0.4) is 0 Å². The van der Waals surface area contributed by atoms with Gasteiger partial charge in [0.25, 0.3) is 0 Å². The summed E-state index contributed by atoms with van der Waals surface area (Å²) in [4.78, 5) is 20.0. The molecule has 2 aromatic rings. The standard InChI is InChI=1S/C16H20ClF3N4O2/c1-14(2,3)24-12-9(6-8(17)11(23-12)16(18,19)20)21-13(24)22-10(25)7-15(4,5)26/h6,26H,7H2,1-5H3,(H,21,22,25). The van der Waals surface area contributed by atoms with Crippen molar-refractivity contribution in [3.63, 3.8) is 0 Å². The van der Waals surface area contributed by atoms with E-state index >= 15 is 0 Å². The Labute approximate surface area is 153 Å². The molecule has 2 N–H and O–H groups in total. The van der Waals surface area contributed by atoms with Crippen LogP contribution in [0, 0.1) is 0 Å². The van der Waals surface area contributed by atoms with Gasteiger partial charge >= 0.3 is 6.18 Å². The van der Waals surface area contributed by atoms with Gasteiger partial charge in [-0.05, 0) is 40.7 Å². The number of carbonyl (C=O) groups is 1. The van der Waals surface area contributed by atoms with Crippen LogP contribution >= 0.6 is 11.6 Å². The Balaban J connectivity index is 2.63. The molecule has 2 heterocycles. The second-order valence-corrected chi connectivity index (χ2v) is 8.05. The van der Waals surface area contributed by atoms with Gasteiger partial charge in [0.2, 0.25) is 11.9 Å². The summed E-state index contributed by atoms with van der Waals surface area (Å²) >= 11 is 5.70. The maximum absolute atomic E-state index is 13.1. The summed E-state index contributed by atoms with van der Waals surface area (Å²) in [6, 6.07) is 1.07. The molecule has 0 saturated carbocycles. The number of alkyl halides is 3. The number of fused-ring (bicyclic) bond motifs is 1. The molecule has 0 aliphatic rings. The molecule has 0 atom stereocenters. The van der Waals surface area contributed by atoms with Gasteiger partial charge in [-0.2, -0.15) is 13.2 Å². The van der Waals surface area contributed by atoms with Gasteiger partial charge in [-0.3, -0.25) is 14.7 Å². The quantitative estimate of drug-likeness (QED) is 0.828. The lowest BCUT2D eigenvalue weighted by molar-refractivity contribution is -0.140. The fraction of sp³-hybridized carbons (Fsp3) is 0.562. The normalized spacial score (nSPS) is 13.3. The van der Waals surface area contributed by atoms with E-state index in [9.17, 15) is 23.1 Å². The number of hydrogen-bond acceptors (Lipinski definition) is 4. The van der Waals surface area contributed by atoms with Crippen LogP contribution in [0.15, 0.2) is 6.07 Å². The lowest BCUT2D eigenvalue weighted by atomic mass is 10.1. The maximum atomic E-state index is 13.1. The molecule has 6 nitrogen and oxygen atoms in total. The smallest absolute Gasteiger partial charge is 0.390 e. The Bertz CT molecular complexity index is 848. The van der Waals surface area contributed by atoms with Crippen LogP contribution < -0.4 is 5.32 Å². The van der Waals surface area contributed by atoms with E-state index < -0.39 is 33.9 Å². The van der Waals surface area contributed by atoms with Gasteiger partial charge in [-0.1, -0.05) is 11.6 Å². The van der Waals surface area contributed by atoms with Crippen molar-refractivity contribution in [2.75, 3.05) is 5.32 Å². The Morgan fingerprint density at radius 1 is 1.23 bits per heavy atom. The zero-order valence-electron chi connectivity index (χ0n) is 15.0. The summed E-state index contributed by atoms with van der Waals surface area (Å²) in [5.41, 5.74) is -3.11. The van der Waals surface area contributed by atoms with Gasteiger partial charge in [0.15, 0.2) is 11.3 Å². The zero-order valence-corrected chi connectivity index (χ0v) is 15.7. The summed E-state index contributed by atoms with van der Waals surface area (Å²) in [5, 5.41) is 11.7. The van der Waals surface area contributed by atoms with E-state index in [0.717, 1.165) is 6.07 Å². The number of rotatable bonds is 3. The number of halogens is 4. The minimum absolute atomic E-state index is 0.0321.